The van der Waals surface area contributed by atoms with Gasteiger partial charge in [0.1, 0.15) is 23.3 Å². The summed E-state index contributed by atoms with van der Waals surface area (Å²) in [4.78, 5) is 134. The lowest BCUT2D eigenvalue weighted by molar-refractivity contribution is -0.152. The normalized spacial score (nSPS) is 19.5. The number of benzene rings is 2. The van der Waals surface area contributed by atoms with E-state index in [4.69, 9.17) is 9.47 Å². The van der Waals surface area contributed by atoms with Crippen molar-refractivity contribution in [3.8, 4) is 0 Å². The second-order valence-electron chi connectivity index (χ2n) is 16.7. The third-order valence-corrected chi connectivity index (χ3v) is 10.0. The van der Waals surface area contributed by atoms with Gasteiger partial charge in [-0.2, -0.15) is 9.80 Å². The van der Waals surface area contributed by atoms with Gasteiger partial charge in [-0.25, -0.2) is 9.59 Å². The number of rotatable bonds is 8. The number of hydrogen-bond acceptors (Lipinski definition) is 12. The number of carbonyl (C=O) groups is 10. The molecular formula is C41H46N6O12. The molecule has 312 valence electrons. The highest BCUT2D eigenvalue weighted by molar-refractivity contribution is 6.15. The molecule has 4 heterocycles. The van der Waals surface area contributed by atoms with Gasteiger partial charge in [0.05, 0.1) is 0 Å². The quantitative estimate of drug-likeness (QED) is 0.357. The summed E-state index contributed by atoms with van der Waals surface area (Å²) in [5, 5.41) is 5.57. The van der Waals surface area contributed by atoms with Gasteiger partial charge in [-0.3, -0.25) is 38.4 Å². The van der Waals surface area contributed by atoms with Crippen molar-refractivity contribution in [1.29, 1.82) is 0 Å². The lowest BCUT2D eigenvalue weighted by atomic mass is 10.0. The summed E-state index contributed by atoms with van der Waals surface area (Å²) in [5.74, 6) is -5.04. The summed E-state index contributed by atoms with van der Waals surface area (Å²) in [6.45, 7) is 9.47. The van der Waals surface area contributed by atoms with Crippen molar-refractivity contribution in [3.05, 3.63) is 58.7 Å². The largest absolute Gasteiger partial charge is 0.443 e. The maximum atomic E-state index is 13.5. The average molecular weight is 815 g/mol. The van der Waals surface area contributed by atoms with Crippen molar-refractivity contribution in [3.63, 3.8) is 0 Å². The molecule has 18 nitrogen and oxygen atoms in total. The van der Waals surface area contributed by atoms with Gasteiger partial charge < -0.3 is 29.9 Å². The van der Waals surface area contributed by atoms with Crippen molar-refractivity contribution >= 4 is 70.8 Å². The highest BCUT2D eigenvalue weighted by atomic mass is 16.6. The fraction of sp³-hybridized carbons (Fsp3) is 0.463. The summed E-state index contributed by atoms with van der Waals surface area (Å²) in [5.41, 5.74) is 0.159. The minimum atomic E-state index is -1.11. The Morgan fingerprint density at radius 1 is 0.610 bits per heavy atom. The molecule has 0 aromatic heterocycles. The van der Waals surface area contributed by atoms with Crippen molar-refractivity contribution < 1.29 is 57.4 Å². The van der Waals surface area contributed by atoms with Crippen LogP contribution in [0, 0.1) is 0 Å². The first-order valence-electron chi connectivity index (χ1n) is 19.3. The van der Waals surface area contributed by atoms with Crippen molar-refractivity contribution in [2.24, 2.45) is 0 Å². The minimum absolute atomic E-state index is 0.0117. The van der Waals surface area contributed by atoms with Crippen LogP contribution < -0.4 is 10.6 Å². The molecule has 0 radical (unpaired) electrons. The van der Waals surface area contributed by atoms with E-state index in [1.165, 1.54) is 9.80 Å². The molecule has 0 saturated carbocycles. The van der Waals surface area contributed by atoms with Crippen LogP contribution >= 0.6 is 0 Å². The number of hydrogen-bond donors (Lipinski definition) is 2. The number of amides is 10. The van der Waals surface area contributed by atoms with E-state index in [-0.39, 0.29) is 69.2 Å². The molecule has 0 spiro atoms. The molecular weight excluding hydrogens is 768 g/mol. The van der Waals surface area contributed by atoms with Gasteiger partial charge in [0.25, 0.3) is 23.6 Å². The second kappa shape index (κ2) is 16.1. The molecule has 2 unspecified atom stereocenters. The SMILES string of the molecule is CC(C)(C)OC(=O)N1C(=O)CCC(N2Cc3c(NC(=O)CCCC(=O)Nc4cccc5c4CN(C4CCC(=O)N(C(=O)OC(C)(C)C)C4=O)C5=O)cccc3C2=O)C1=O. The molecule has 2 saturated heterocycles. The Morgan fingerprint density at radius 3 is 1.34 bits per heavy atom. The number of nitrogens with one attached hydrogen (secondary N) is 2. The van der Waals surface area contributed by atoms with Crippen LogP contribution in [0.2, 0.25) is 0 Å². The predicted octanol–water partition coefficient (Wildman–Crippen LogP) is 4.25. The topological polar surface area (TPSA) is 226 Å². The molecule has 2 aromatic rings. The monoisotopic (exact) mass is 814 g/mol. The lowest BCUT2D eigenvalue weighted by Crippen LogP contribution is -2.57. The zero-order valence-corrected chi connectivity index (χ0v) is 33.7. The zero-order valence-electron chi connectivity index (χ0n) is 33.7. The van der Waals surface area contributed by atoms with Gasteiger partial charge >= 0.3 is 12.2 Å². The predicted molar refractivity (Wildman–Crippen MR) is 206 cm³/mol. The molecule has 4 aliphatic rings. The maximum absolute atomic E-state index is 13.5. The highest BCUT2D eigenvalue weighted by Crippen LogP contribution is 2.35. The number of nitrogens with zero attached hydrogens (tertiary/aromatic N) is 4. The standard InChI is InChI=1S/C41H46N6O12/c1-40(2,3)58-38(56)46-32(50)18-16-28(36(46)54)44-20-24-22(34(44)52)10-7-12-26(24)42-30(48)14-9-15-31(49)43-27-13-8-11-23-25(27)21-45(35(23)53)29-17-19-33(51)47(37(29)55)39(57)59-41(4,5)6/h7-8,10-13,28-29H,9,14-21H2,1-6H3,(H,42,48)(H,43,49). The number of imide groups is 6. The van der Waals surface area contributed by atoms with Crippen LogP contribution in [-0.2, 0) is 51.3 Å². The van der Waals surface area contributed by atoms with E-state index in [0.29, 0.717) is 32.3 Å². The highest BCUT2D eigenvalue weighted by Gasteiger charge is 2.48. The Kier molecular flexibility index (Phi) is 11.5. The van der Waals surface area contributed by atoms with Crippen LogP contribution in [0.1, 0.15) is 118 Å². The van der Waals surface area contributed by atoms with Crippen LogP contribution in [0.4, 0.5) is 21.0 Å². The Balaban J connectivity index is 1.03. The van der Waals surface area contributed by atoms with Crippen LogP contribution in [-0.4, -0.2) is 102 Å². The van der Waals surface area contributed by atoms with Crippen molar-refractivity contribution in [2.45, 2.75) is 123 Å². The van der Waals surface area contributed by atoms with Gasteiger partial charge in [-0.05, 0) is 85.1 Å². The second-order valence-corrected chi connectivity index (χ2v) is 16.7. The van der Waals surface area contributed by atoms with E-state index in [1.54, 1.807) is 77.9 Å². The van der Waals surface area contributed by atoms with Crippen molar-refractivity contribution in [2.75, 3.05) is 10.6 Å². The van der Waals surface area contributed by atoms with Crippen LogP contribution in [0.3, 0.4) is 0 Å². The molecule has 2 aromatic carbocycles. The lowest BCUT2D eigenvalue weighted by Gasteiger charge is -2.35. The van der Waals surface area contributed by atoms with E-state index in [1.807, 2.05) is 0 Å². The number of carbonyl (C=O) groups excluding carboxylic acids is 10. The fourth-order valence-corrected chi connectivity index (χ4v) is 7.39. The molecule has 6 rings (SSSR count). The summed E-state index contributed by atoms with van der Waals surface area (Å²) in [6.07, 6.45) is -2.52. The summed E-state index contributed by atoms with van der Waals surface area (Å²) < 4.78 is 10.5. The van der Waals surface area contributed by atoms with E-state index < -0.39 is 82.7 Å². The molecule has 0 bridgehead atoms. The maximum Gasteiger partial charge on any atom is 0.424 e. The number of ether oxygens (including phenoxy) is 2. The third-order valence-electron chi connectivity index (χ3n) is 10.0. The summed E-state index contributed by atoms with van der Waals surface area (Å²) in [6, 6.07) is 7.26. The fourth-order valence-electron chi connectivity index (χ4n) is 7.39. The van der Waals surface area contributed by atoms with E-state index >= 15 is 0 Å². The van der Waals surface area contributed by atoms with Gasteiger partial charge in [-0.1, -0.05) is 12.1 Å². The van der Waals surface area contributed by atoms with Gasteiger partial charge in [0, 0.05) is 72.4 Å². The Labute approximate surface area is 339 Å². The number of likely N-dealkylation sites (tertiary alicyclic amines) is 2. The van der Waals surface area contributed by atoms with E-state index in [0.717, 1.165) is 0 Å². The van der Waals surface area contributed by atoms with Crippen LogP contribution in [0.15, 0.2) is 36.4 Å². The first kappa shape index (κ1) is 42.2. The minimum Gasteiger partial charge on any atom is -0.443 e. The Hall–Kier alpha value is -6.46. The van der Waals surface area contributed by atoms with E-state index in [2.05, 4.69) is 10.6 Å². The number of anilines is 2. The van der Waals surface area contributed by atoms with Gasteiger partial charge in [0.15, 0.2) is 0 Å². The number of piperidine rings is 2. The van der Waals surface area contributed by atoms with Crippen molar-refractivity contribution in [1.82, 2.24) is 19.6 Å². The molecule has 2 N–H and O–H groups in total. The van der Waals surface area contributed by atoms with E-state index in [9.17, 15) is 47.9 Å². The molecule has 0 aliphatic carbocycles. The Bertz CT molecular complexity index is 2030. The summed E-state index contributed by atoms with van der Waals surface area (Å²) >= 11 is 0. The average Bonchev–Trinajstić information content (AvgIpc) is 3.64. The molecule has 4 aliphatic heterocycles. The molecule has 2 atom stereocenters. The van der Waals surface area contributed by atoms with Crippen LogP contribution in [0.25, 0.3) is 0 Å². The first-order chi connectivity index (χ1) is 27.6. The Morgan fingerprint density at radius 2 is 0.983 bits per heavy atom. The molecule has 10 amide bonds. The molecule has 18 heteroatoms. The molecule has 59 heavy (non-hydrogen) atoms. The zero-order chi connectivity index (χ0) is 43.1. The van der Waals surface area contributed by atoms with Crippen LogP contribution in [0.5, 0.6) is 0 Å². The molecule has 2 fully saturated rings. The first-order valence-corrected chi connectivity index (χ1v) is 19.3. The summed E-state index contributed by atoms with van der Waals surface area (Å²) in [7, 11) is 0. The third kappa shape index (κ3) is 8.85. The number of fused-ring (bicyclic) bond motifs is 2. The smallest absolute Gasteiger partial charge is 0.424 e. The van der Waals surface area contributed by atoms with Gasteiger partial charge in [-0.15, -0.1) is 0 Å². The van der Waals surface area contributed by atoms with Gasteiger partial charge in [0.2, 0.25) is 23.6 Å².